The molecule has 2 saturated heterocycles. The Morgan fingerprint density at radius 3 is 2.08 bits per heavy atom. The van der Waals surface area contributed by atoms with Gasteiger partial charge in [-0.05, 0) is 57.4 Å². The zero-order valence-corrected chi connectivity index (χ0v) is 24.2. The molecule has 2 heterocycles. The number of nitrogens with one attached hydrogen (secondary N) is 1. The number of rotatable bonds is 10. The fourth-order valence-corrected chi connectivity index (χ4v) is 7.10. The van der Waals surface area contributed by atoms with Crippen LogP contribution in [0.2, 0.25) is 0 Å². The first-order valence-electron chi connectivity index (χ1n) is 13.2. The molecule has 2 aliphatic heterocycles. The highest BCUT2D eigenvalue weighted by molar-refractivity contribution is 7.91. The SMILES string of the molecule is CCCCOc1ccc(N2CCN(S(=O)(=O)C3(C(=O)NO)CCN(C(=O)N(CC)CC)CC3)CC2)cc1.Cl. The van der Waals surface area contributed by atoms with Crippen molar-refractivity contribution in [3.05, 3.63) is 24.3 Å². The molecule has 0 saturated carbocycles. The molecule has 11 nitrogen and oxygen atoms in total. The number of anilines is 1. The first-order chi connectivity index (χ1) is 17.7. The standard InChI is InChI=1S/C25H41N5O6S.ClH/c1-4-7-20-36-22-10-8-21(9-11-22)28-16-18-30(19-17-28)37(34,35)25(23(31)26-33)12-14-29(15-13-25)24(32)27(5-2)6-3;/h8-11,33H,4-7,12-20H2,1-3H3,(H,26,31);1H. The number of hydroxylamine groups is 1. The molecule has 1 aromatic rings. The Labute approximate surface area is 232 Å². The maximum absolute atomic E-state index is 13.8. The molecule has 216 valence electrons. The summed E-state index contributed by atoms with van der Waals surface area (Å²) < 4.78 is 32.9. The number of likely N-dealkylation sites (tertiary alicyclic amines) is 1. The highest BCUT2D eigenvalue weighted by atomic mass is 35.5. The number of sulfonamides is 1. The molecule has 2 aliphatic rings. The predicted octanol–water partition coefficient (Wildman–Crippen LogP) is 2.54. The normalized spacial score (nSPS) is 17.9. The summed E-state index contributed by atoms with van der Waals surface area (Å²) in [5.74, 6) is -0.135. The number of urea groups is 1. The number of piperazine rings is 1. The smallest absolute Gasteiger partial charge is 0.319 e. The van der Waals surface area contributed by atoms with Crippen molar-refractivity contribution in [3.8, 4) is 5.75 Å². The van der Waals surface area contributed by atoms with Crippen LogP contribution in [0.25, 0.3) is 0 Å². The molecule has 38 heavy (non-hydrogen) atoms. The van der Waals surface area contributed by atoms with Gasteiger partial charge in [0, 0.05) is 58.0 Å². The maximum atomic E-state index is 13.8. The molecule has 0 spiro atoms. The van der Waals surface area contributed by atoms with E-state index >= 15 is 0 Å². The van der Waals surface area contributed by atoms with E-state index in [1.807, 2.05) is 38.1 Å². The number of halogens is 1. The number of hydrogen-bond acceptors (Lipinski definition) is 7. The predicted molar refractivity (Wildman–Crippen MR) is 149 cm³/mol. The summed E-state index contributed by atoms with van der Waals surface area (Å²) in [4.78, 5) is 30.9. The lowest BCUT2D eigenvalue weighted by molar-refractivity contribution is -0.133. The van der Waals surface area contributed by atoms with Crippen LogP contribution in [0.15, 0.2) is 24.3 Å². The summed E-state index contributed by atoms with van der Waals surface area (Å²) in [5, 5.41) is 9.44. The van der Waals surface area contributed by atoms with Crippen LogP contribution in [-0.4, -0.2) is 103 Å². The Balaban J connectivity index is 0.00000507. The minimum absolute atomic E-state index is 0. The van der Waals surface area contributed by atoms with Gasteiger partial charge in [-0.1, -0.05) is 13.3 Å². The Morgan fingerprint density at radius 1 is 1.00 bits per heavy atom. The molecule has 0 aliphatic carbocycles. The zero-order valence-electron chi connectivity index (χ0n) is 22.6. The summed E-state index contributed by atoms with van der Waals surface area (Å²) in [7, 11) is -4.10. The van der Waals surface area contributed by atoms with Crippen LogP contribution in [0.4, 0.5) is 10.5 Å². The minimum Gasteiger partial charge on any atom is -0.494 e. The summed E-state index contributed by atoms with van der Waals surface area (Å²) in [6, 6.07) is 7.60. The van der Waals surface area contributed by atoms with Crippen LogP contribution >= 0.6 is 12.4 Å². The van der Waals surface area contributed by atoms with E-state index in [2.05, 4.69) is 11.8 Å². The molecule has 2 fully saturated rings. The van der Waals surface area contributed by atoms with E-state index in [1.54, 1.807) is 15.3 Å². The Hall–Kier alpha value is -2.28. The first kappa shape index (κ1) is 31.9. The summed E-state index contributed by atoms with van der Waals surface area (Å²) >= 11 is 0. The van der Waals surface area contributed by atoms with Crippen molar-refractivity contribution < 1.29 is 28.0 Å². The minimum atomic E-state index is -4.10. The van der Waals surface area contributed by atoms with Crippen LogP contribution in [0, 0.1) is 0 Å². The van der Waals surface area contributed by atoms with E-state index in [0.29, 0.717) is 32.8 Å². The number of carbonyl (C=O) groups excluding carboxylic acids is 2. The molecule has 13 heteroatoms. The second-order valence-corrected chi connectivity index (χ2v) is 11.7. The third kappa shape index (κ3) is 6.64. The van der Waals surface area contributed by atoms with Crippen molar-refractivity contribution in [1.29, 1.82) is 0 Å². The Kier molecular flexibility index (Phi) is 11.9. The molecule has 0 atom stereocenters. The first-order valence-corrected chi connectivity index (χ1v) is 14.6. The number of amides is 3. The van der Waals surface area contributed by atoms with Crippen LogP contribution in [0.5, 0.6) is 5.75 Å². The molecule has 1 aromatic carbocycles. The Bertz CT molecular complexity index is 1010. The van der Waals surface area contributed by atoms with Gasteiger partial charge in [-0.15, -0.1) is 12.4 Å². The molecular formula is C25H42ClN5O6S. The fraction of sp³-hybridized carbons (Fsp3) is 0.680. The lowest BCUT2D eigenvalue weighted by Crippen LogP contribution is -2.64. The van der Waals surface area contributed by atoms with Gasteiger partial charge < -0.3 is 19.4 Å². The van der Waals surface area contributed by atoms with E-state index in [4.69, 9.17) is 4.74 Å². The molecule has 3 rings (SSSR count). The van der Waals surface area contributed by atoms with Crippen LogP contribution < -0.4 is 15.1 Å². The highest BCUT2D eigenvalue weighted by Crippen LogP contribution is 2.35. The van der Waals surface area contributed by atoms with Crippen LogP contribution in [-0.2, 0) is 14.8 Å². The second kappa shape index (κ2) is 14.2. The molecule has 0 bridgehead atoms. The highest BCUT2D eigenvalue weighted by Gasteiger charge is 2.55. The number of hydrogen-bond donors (Lipinski definition) is 2. The lowest BCUT2D eigenvalue weighted by atomic mass is 9.95. The number of nitrogens with zero attached hydrogens (tertiary/aromatic N) is 4. The molecular weight excluding hydrogens is 534 g/mol. The van der Waals surface area contributed by atoms with Crippen molar-refractivity contribution in [2.24, 2.45) is 0 Å². The van der Waals surface area contributed by atoms with Gasteiger partial charge in [-0.2, -0.15) is 4.31 Å². The topological polar surface area (TPSA) is 123 Å². The Morgan fingerprint density at radius 2 is 1.58 bits per heavy atom. The lowest BCUT2D eigenvalue weighted by Gasteiger charge is -2.44. The van der Waals surface area contributed by atoms with Crippen molar-refractivity contribution in [3.63, 3.8) is 0 Å². The summed E-state index contributed by atoms with van der Waals surface area (Å²) in [5.41, 5.74) is 2.56. The third-order valence-electron chi connectivity index (χ3n) is 7.43. The molecule has 0 unspecified atom stereocenters. The van der Waals surface area contributed by atoms with Gasteiger partial charge in [-0.3, -0.25) is 10.0 Å². The van der Waals surface area contributed by atoms with Gasteiger partial charge in [0.1, 0.15) is 5.75 Å². The zero-order chi connectivity index (χ0) is 27.1. The summed E-state index contributed by atoms with van der Waals surface area (Å²) in [6.07, 6.45) is 1.92. The summed E-state index contributed by atoms with van der Waals surface area (Å²) in [6.45, 7) is 9.28. The van der Waals surface area contributed by atoms with Crippen molar-refractivity contribution in [2.45, 2.75) is 51.2 Å². The van der Waals surface area contributed by atoms with E-state index in [1.165, 1.54) is 4.31 Å². The number of benzene rings is 1. The fourth-order valence-electron chi connectivity index (χ4n) is 4.98. The average molecular weight is 576 g/mol. The monoisotopic (exact) mass is 575 g/mol. The van der Waals surface area contributed by atoms with Gasteiger partial charge in [-0.25, -0.2) is 18.7 Å². The van der Waals surface area contributed by atoms with Crippen molar-refractivity contribution in [2.75, 3.05) is 63.9 Å². The van der Waals surface area contributed by atoms with Gasteiger partial charge in [0.15, 0.2) is 4.75 Å². The van der Waals surface area contributed by atoms with E-state index in [0.717, 1.165) is 24.3 Å². The van der Waals surface area contributed by atoms with E-state index in [9.17, 15) is 23.2 Å². The van der Waals surface area contributed by atoms with Crippen LogP contribution in [0.3, 0.4) is 0 Å². The quantitative estimate of drug-likeness (QED) is 0.250. The number of carbonyl (C=O) groups is 2. The van der Waals surface area contributed by atoms with Gasteiger partial charge in [0.05, 0.1) is 6.61 Å². The van der Waals surface area contributed by atoms with Crippen LogP contribution in [0.1, 0.15) is 46.5 Å². The van der Waals surface area contributed by atoms with E-state index < -0.39 is 20.7 Å². The largest absolute Gasteiger partial charge is 0.494 e. The van der Waals surface area contributed by atoms with Gasteiger partial charge in [0.25, 0.3) is 5.91 Å². The number of unbranched alkanes of at least 4 members (excludes halogenated alkanes) is 1. The van der Waals surface area contributed by atoms with E-state index in [-0.39, 0.29) is 57.5 Å². The van der Waals surface area contributed by atoms with Gasteiger partial charge >= 0.3 is 6.03 Å². The average Bonchev–Trinajstić information content (AvgIpc) is 2.93. The second-order valence-electron chi connectivity index (χ2n) is 9.46. The number of ether oxygens (including phenoxy) is 1. The number of piperidine rings is 1. The molecule has 0 aromatic heterocycles. The molecule has 2 N–H and O–H groups in total. The van der Waals surface area contributed by atoms with Crippen molar-refractivity contribution >= 4 is 40.1 Å². The third-order valence-corrected chi connectivity index (χ3v) is 10.1. The van der Waals surface area contributed by atoms with Gasteiger partial charge in [0.2, 0.25) is 10.0 Å². The van der Waals surface area contributed by atoms with Crippen molar-refractivity contribution in [1.82, 2.24) is 19.6 Å². The molecule has 3 amide bonds. The maximum Gasteiger partial charge on any atom is 0.319 e. The molecule has 0 radical (unpaired) electrons.